The molecule has 0 bridgehead atoms. The fourth-order valence-electron chi connectivity index (χ4n) is 4.55. The second-order valence-corrected chi connectivity index (χ2v) is 9.88. The van der Waals surface area contributed by atoms with E-state index < -0.39 is 5.97 Å². The van der Waals surface area contributed by atoms with Gasteiger partial charge in [0.25, 0.3) is 5.91 Å². The molecule has 42 heavy (non-hydrogen) atoms. The predicted molar refractivity (Wildman–Crippen MR) is 162 cm³/mol. The van der Waals surface area contributed by atoms with Crippen molar-refractivity contribution in [2.24, 2.45) is 0 Å². The van der Waals surface area contributed by atoms with Crippen molar-refractivity contribution in [2.75, 3.05) is 26.9 Å². The first-order valence-corrected chi connectivity index (χ1v) is 14.0. The summed E-state index contributed by atoms with van der Waals surface area (Å²) >= 11 is 5.96. The van der Waals surface area contributed by atoms with Crippen LogP contribution in [0.2, 0.25) is 5.02 Å². The number of likely N-dealkylation sites (N-methyl/N-ethyl adjacent to an activating group) is 1. The van der Waals surface area contributed by atoms with Crippen molar-refractivity contribution in [2.45, 2.75) is 26.8 Å². The maximum atomic E-state index is 13.3. The summed E-state index contributed by atoms with van der Waals surface area (Å²) in [7, 11) is 1.57. The third-order valence-corrected chi connectivity index (χ3v) is 6.90. The molecule has 4 aromatic rings. The Morgan fingerprint density at radius 2 is 1.67 bits per heavy atom. The van der Waals surface area contributed by atoms with Crippen molar-refractivity contribution in [3.05, 3.63) is 95.1 Å². The van der Waals surface area contributed by atoms with Gasteiger partial charge in [-0.2, -0.15) is 0 Å². The number of rotatable bonds is 13. The Morgan fingerprint density at radius 3 is 2.31 bits per heavy atom. The lowest BCUT2D eigenvalue weighted by atomic mass is 9.93. The Kier molecular flexibility index (Phi) is 10.4. The lowest BCUT2D eigenvalue weighted by Gasteiger charge is -2.24. The van der Waals surface area contributed by atoms with Gasteiger partial charge >= 0.3 is 5.97 Å². The monoisotopic (exact) mass is 588 g/mol. The topological polar surface area (TPSA) is 98.2 Å². The van der Waals surface area contributed by atoms with Gasteiger partial charge in [-0.3, -0.25) is 9.59 Å². The number of hydrogen-bond donors (Lipinski definition) is 1. The number of halogens is 1. The van der Waals surface area contributed by atoms with Gasteiger partial charge in [-0.15, -0.1) is 0 Å². The number of nitrogens with zero attached hydrogens (tertiary/aromatic N) is 2. The van der Waals surface area contributed by atoms with Gasteiger partial charge in [0.15, 0.2) is 6.61 Å². The SMILES string of the molecule is CCOc1ccc(-c2ccc(-c3cc(CC(=O)O)ccc3OC)c(CN(CC)C(=O)COc3ccc(Cl)cc3)c2)cn1. The molecule has 0 aliphatic rings. The Morgan fingerprint density at radius 1 is 0.905 bits per heavy atom. The van der Waals surface area contributed by atoms with Gasteiger partial charge < -0.3 is 24.2 Å². The highest BCUT2D eigenvalue weighted by Gasteiger charge is 2.19. The first kappa shape index (κ1) is 30.4. The van der Waals surface area contributed by atoms with E-state index in [9.17, 15) is 14.7 Å². The summed E-state index contributed by atoms with van der Waals surface area (Å²) in [5.41, 5.74) is 4.86. The van der Waals surface area contributed by atoms with Gasteiger partial charge in [0, 0.05) is 41.5 Å². The molecule has 1 amide bonds. The molecule has 0 fully saturated rings. The van der Waals surface area contributed by atoms with Gasteiger partial charge in [-0.1, -0.05) is 29.8 Å². The summed E-state index contributed by atoms with van der Waals surface area (Å²) in [6.07, 6.45) is 1.63. The van der Waals surface area contributed by atoms with E-state index in [2.05, 4.69) is 4.98 Å². The third-order valence-electron chi connectivity index (χ3n) is 6.65. The lowest BCUT2D eigenvalue weighted by Crippen LogP contribution is -2.34. The number of carboxylic acid groups (broad SMARTS) is 1. The maximum absolute atomic E-state index is 13.3. The van der Waals surface area contributed by atoms with Crippen LogP contribution in [0.1, 0.15) is 25.0 Å². The summed E-state index contributed by atoms with van der Waals surface area (Å²) in [6, 6.07) is 21.9. The number of ether oxygens (including phenoxy) is 3. The number of benzene rings is 3. The minimum atomic E-state index is -0.923. The molecule has 218 valence electrons. The van der Waals surface area contributed by atoms with Gasteiger partial charge in [-0.25, -0.2) is 4.98 Å². The van der Waals surface area contributed by atoms with Crippen LogP contribution in [0.3, 0.4) is 0 Å². The molecule has 0 spiro atoms. The normalized spacial score (nSPS) is 10.7. The van der Waals surface area contributed by atoms with Crippen LogP contribution in [0.15, 0.2) is 79.0 Å². The van der Waals surface area contributed by atoms with E-state index in [0.717, 1.165) is 27.8 Å². The molecule has 8 nitrogen and oxygen atoms in total. The van der Waals surface area contributed by atoms with Crippen LogP contribution < -0.4 is 14.2 Å². The summed E-state index contributed by atoms with van der Waals surface area (Å²) in [5, 5.41) is 9.96. The molecular weight excluding hydrogens is 556 g/mol. The van der Waals surface area contributed by atoms with Gasteiger partial charge in [0.05, 0.1) is 20.1 Å². The molecule has 1 heterocycles. The Balaban J connectivity index is 1.71. The highest BCUT2D eigenvalue weighted by molar-refractivity contribution is 6.30. The Hall–Kier alpha value is -4.56. The molecule has 0 radical (unpaired) electrons. The molecule has 4 rings (SSSR count). The zero-order valence-electron chi connectivity index (χ0n) is 23.8. The van der Waals surface area contributed by atoms with Crippen LogP contribution in [0, 0.1) is 0 Å². The predicted octanol–water partition coefficient (Wildman–Crippen LogP) is 6.53. The van der Waals surface area contributed by atoms with Gasteiger partial charge in [0.2, 0.25) is 5.88 Å². The summed E-state index contributed by atoms with van der Waals surface area (Å²) in [4.78, 5) is 30.8. The molecule has 0 aliphatic carbocycles. The number of pyridine rings is 1. The van der Waals surface area contributed by atoms with E-state index in [0.29, 0.717) is 47.7 Å². The van der Waals surface area contributed by atoms with Crippen LogP contribution in [0.25, 0.3) is 22.3 Å². The van der Waals surface area contributed by atoms with Gasteiger partial charge in [0.1, 0.15) is 11.5 Å². The highest BCUT2D eigenvalue weighted by atomic mass is 35.5. The number of amides is 1. The van der Waals surface area contributed by atoms with E-state index in [1.165, 1.54) is 0 Å². The molecule has 0 atom stereocenters. The summed E-state index contributed by atoms with van der Waals surface area (Å²) in [5.74, 6) is 0.587. The van der Waals surface area contributed by atoms with E-state index in [-0.39, 0.29) is 18.9 Å². The van der Waals surface area contributed by atoms with Crippen molar-refractivity contribution in [1.29, 1.82) is 0 Å². The molecule has 0 saturated heterocycles. The average molecular weight is 589 g/mol. The van der Waals surface area contributed by atoms with Crippen molar-refractivity contribution >= 4 is 23.5 Å². The van der Waals surface area contributed by atoms with Crippen LogP contribution in [-0.4, -0.2) is 53.7 Å². The number of aliphatic carboxylic acids is 1. The molecule has 1 N–H and O–H groups in total. The molecule has 0 unspecified atom stereocenters. The number of hydrogen-bond acceptors (Lipinski definition) is 6. The molecule has 0 aliphatic heterocycles. The third kappa shape index (κ3) is 7.79. The lowest BCUT2D eigenvalue weighted by molar-refractivity contribution is -0.136. The first-order chi connectivity index (χ1) is 20.3. The zero-order chi connectivity index (χ0) is 30.1. The molecule has 3 aromatic carbocycles. The van der Waals surface area contributed by atoms with Crippen LogP contribution in [0.4, 0.5) is 0 Å². The smallest absolute Gasteiger partial charge is 0.307 e. The number of carboxylic acids is 1. The fraction of sp³-hybridized carbons (Fsp3) is 0.242. The second kappa shape index (κ2) is 14.4. The van der Waals surface area contributed by atoms with Gasteiger partial charge in [-0.05, 0) is 84.6 Å². The van der Waals surface area contributed by atoms with E-state index in [1.807, 2.05) is 50.2 Å². The average Bonchev–Trinajstić information content (AvgIpc) is 2.99. The minimum Gasteiger partial charge on any atom is -0.496 e. The molecule has 9 heteroatoms. The standard InChI is InChI=1S/C33H33ClN2O6/c1-4-36(32(37)21-42-27-11-9-26(34)10-12-27)20-25-18-23(24-8-15-31(35-19-24)41-5-2)7-13-28(25)29-16-22(17-33(38)39)6-14-30(29)40-3/h6-16,18-19H,4-5,17,20-21H2,1-3H3,(H,38,39). The van der Waals surface area contributed by atoms with Crippen molar-refractivity contribution in [3.8, 4) is 39.6 Å². The van der Waals surface area contributed by atoms with Crippen molar-refractivity contribution in [3.63, 3.8) is 0 Å². The quantitative estimate of drug-likeness (QED) is 0.190. The molecule has 0 saturated carbocycles. The summed E-state index contributed by atoms with van der Waals surface area (Å²) in [6.45, 7) is 4.95. The molecular formula is C33H33ClN2O6. The number of carbonyl (C=O) groups excluding carboxylic acids is 1. The fourth-order valence-corrected chi connectivity index (χ4v) is 4.68. The minimum absolute atomic E-state index is 0.121. The number of methoxy groups -OCH3 is 1. The van der Waals surface area contributed by atoms with Crippen LogP contribution in [0.5, 0.6) is 17.4 Å². The highest BCUT2D eigenvalue weighted by Crippen LogP contribution is 2.36. The zero-order valence-corrected chi connectivity index (χ0v) is 24.6. The Bertz CT molecular complexity index is 1520. The van der Waals surface area contributed by atoms with Crippen molar-refractivity contribution in [1.82, 2.24) is 9.88 Å². The first-order valence-electron chi connectivity index (χ1n) is 13.6. The molecule has 1 aromatic heterocycles. The number of aromatic nitrogens is 1. The van der Waals surface area contributed by atoms with E-state index in [4.69, 9.17) is 25.8 Å². The largest absolute Gasteiger partial charge is 0.496 e. The second-order valence-electron chi connectivity index (χ2n) is 9.45. The van der Waals surface area contributed by atoms with Crippen LogP contribution in [-0.2, 0) is 22.6 Å². The van der Waals surface area contributed by atoms with Crippen molar-refractivity contribution < 1.29 is 28.9 Å². The summed E-state index contributed by atoms with van der Waals surface area (Å²) < 4.78 is 16.9. The maximum Gasteiger partial charge on any atom is 0.307 e. The van der Waals surface area contributed by atoms with E-state index in [1.54, 1.807) is 54.6 Å². The Labute approximate surface area is 250 Å². The van der Waals surface area contributed by atoms with Crippen LogP contribution >= 0.6 is 11.6 Å². The number of carbonyl (C=O) groups is 2. The van der Waals surface area contributed by atoms with E-state index >= 15 is 0 Å².